The monoisotopic (exact) mass is 142 g/mol. The molecule has 60 valence electrons. The minimum absolute atomic E-state index is 0.486. The first kappa shape index (κ1) is 8.06. The van der Waals surface area contributed by atoms with E-state index in [1.165, 1.54) is 17.4 Å². The summed E-state index contributed by atoms with van der Waals surface area (Å²) in [6.45, 7) is 8.47. The Hall–Kier alpha value is -0.0400. The molecule has 1 aliphatic rings. The van der Waals surface area contributed by atoms with Crippen LogP contribution in [0, 0.1) is 5.92 Å². The maximum Gasteiger partial charge on any atom is 0.0959 e. The van der Waals surface area contributed by atoms with Crippen molar-refractivity contribution in [1.82, 2.24) is 0 Å². The minimum Gasteiger partial charge on any atom is -0.324 e. The summed E-state index contributed by atoms with van der Waals surface area (Å²) in [5.41, 5.74) is 0.486. The molecule has 1 atom stereocenters. The normalized spacial score (nSPS) is 36.3. The van der Waals surface area contributed by atoms with Crippen LogP contribution >= 0.6 is 0 Å². The number of rotatable bonds is 0. The van der Waals surface area contributed by atoms with E-state index in [4.69, 9.17) is 0 Å². The first-order valence-electron chi connectivity index (χ1n) is 4.21. The van der Waals surface area contributed by atoms with E-state index in [0.717, 1.165) is 5.92 Å². The lowest BCUT2D eigenvalue weighted by molar-refractivity contribution is -0.926. The lowest BCUT2D eigenvalue weighted by atomic mass is 9.89. The Morgan fingerprint density at radius 3 is 1.90 bits per heavy atom. The summed E-state index contributed by atoms with van der Waals surface area (Å²) in [5, 5.41) is 0. The summed E-state index contributed by atoms with van der Waals surface area (Å²) in [6.07, 6.45) is 1.39. The second kappa shape index (κ2) is 1.97. The topological polar surface area (TPSA) is 0 Å². The van der Waals surface area contributed by atoms with Gasteiger partial charge in [0.05, 0.1) is 26.2 Å². The molecule has 1 nitrogen and oxygen atoms in total. The fourth-order valence-corrected chi connectivity index (χ4v) is 1.75. The van der Waals surface area contributed by atoms with E-state index in [1.54, 1.807) is 0 Å². The predicted octanol–water partition coefficient (Wildman–Crippen LogP) is 1.88. The van der Waals surface area contributed by atoms with Gasteiger partial charge in [0.1, 0.15) is 0 Å². The highest BCUT2D eigenvalue weighted by atomic mass is 15.4. The zero-order chi connectivity index (χ0) is 7.99. The Labute approximate surface area is 64.6 Å². The Bertz CT molecular complexity index is 136. The maximum atomic E-state index is 2.38. The van der Waals surface area contributed by atoms with Gasteiger partial charge in [-0.25, -0.2) is 0 Å². The van der Waals surface area contributed by atoms with Crippen LogP contribution in [0.3, 0.4) is 0 Å². The molecule has 0 spiro atoms. The number of quaternary nitrogens is 1. The molecule has 1 heterocycles. The summed E-state index contributed by atoms with van der Waals surface area (Å²) >= 11 is 0. The molecule has 0 aromatic carbocycles. The van der Waals surface area contributed by atoms with Crippen LogP contribution in [0.2, 0.25) is 0 Å². The zero-order valence-electron chi connectivity index (χ0n) is 7.94. The molecule has 10 heavy (non-hydrogen) atoms. The molecular weight excluding hydrogens is 122 g/mol. The molecular formula is C9H20N+. The third-order valence-electron chi connectivity index (χ3n) is 3.89. The van der Waals surface area contributed by atoms with Gasteiger partial charge in [-0.05, 0) is 13.8 Å². The van der Waals surface area contributed by atoms with E-state index < -0.39 is 0 Å². The van der Waals surface area contributed by atoms with Crippen LogP contribution in [-0.2, 0) is 0 Å². The predicted molar refractivity (Wildman–Crippen MR) is 44.8 cm³/mol. The van der Waals surface area contributed by atoms with E-state index in [1.807, 2.05) is 0 Å². The number of hydrogen-bond acceptors (Lipinski definition) is 0. The van der Waals surface area contributed by atoms with Crippen LogP contribution < -0.4 is 0 Å². The highest BCUT2D eigenvalue weighted by Gasteiger charge is 2.46. The highest BCUT2D eigenvalue weighted by molar-refractivity contribution is 4.81. The van der Waals surface area contributed by atoms with Crippen molar-refractivity contribution in [2.24, 2.45) is 5.92 Å². The molecule has 0 aliphatic carbocycles. The minimum atomic E-state index is 0.486. The van der Waals surface area contributed by atoms with E-state index in [9.17, 15) is 0 Å². The average Bonchev–Trinajstić information content (AvgIpc) is 1.94. The Kier molecular flexibility index (Phi) is 1.59. The van der Waals surface area contributed by atoms with Gasteiger partial charge in [-0.2, -0.15) is 0 Å². The highest BCUT2D eigenvalue weighted by Crippen LogP contribution is 2.37. The van der Waals surface area contributed by atoms with Crippen molar-refractivity contribution in [3.8, 4) is 0 Å². The third-order valence-corrected chi connectivity index (χ3v) is 3.89. The summed E-state index contributed by atoms with van der Waals surface area (Å²) in [7, 11) is 4.67. The van der Waals surface area contributed by atoms with Crippen molar-refractivity contribution in [3.63, 3.8) is 0 Å². The molecule has 0 N–H and O–H groups in total. The van der Waals surface area contributed by atoms with Gasteiger partial charge in [0, 0.05) is 12.3 Å². The molecule has 1 saturated heterocycles. The van der Waals surface area contributed by atoms with Crippen LogP contribution in [0.5, 0.6) is 0 Å². The van der Waals surface area contributed by atoms with Crippen LogP contribution in [0.1, 0.15) is 27.2 Å². The van der Waals surface area contributed by atoms with Crippen LogP contribution in [-0.4, -0.2) is 30.7 Å². The largest absolute Gasteiger partial charge is 0.324 e. The lowest BCUT2D eigenvalue weighted by Gasteiger charge is -2.40. The van der Waals surface area contributed by atoms with Gasteiger partial charge in [0.15, 0.2) is 0 Å². The van der Waals surface area contributed by atoms with Crippen molar-refractivity contribution in [3.05, 3.63) is 0 Å². The van der Waals surface area contributed by atoms with Crippen molar-refractivity contribution in [2.45, 2.75) is 32.7 Å². The first-order chi connectivity index (χ1) is 4.38. The molecule has 0 radical (unpaired) electrons. The summed E-state index contributed by atoms with van der Waals surface area (Å²) in [4.78, 5) is 0. The fraction of sp³-hybridized carbons (Fsp3) is 1.00. The van der Waals surface area contributed by atoms with Crippen molar-refractivity contribution >= 4 is 0 Å². The molecule has 1 unspecified atom stereocenters. The van der Waals surface area contributed by atoms with Crippen LogP contribution in [0.25, 0.3) is 0 Å². The van der Waals surface area contributed by atoms with Gasteiger partial charge < -0.3 is 4.48 Å². The van der Waals surface area contributed by atoms with E-state index in [2.05, 4.69) is 34.9 Å². The molecule has 0 bridgehead atoms. The average molecular weight is 142 g/mol. The molecule has 1 heteroatoms. The smallest absolute Gasteiger partial charge is 0.0959 e. The Balaban J connectivity index is 2.84. The first-order valence-corrected chi connectivity index (χ1v) is 4.21. The van der Waals surface area contributed by atoms with Gasteiger partial charge >= 0.3 is 0 Å². The van der Waals surface area contributed by atoms with E-state index in [0.29, 0.717) is 5.54 Å². The van der Waals surface area contributed by atoms with Crippen LogP contribution in [0.15, 0.2) is 0 Å². The van der Waals surface area contributed by atoms with E-state index in [-0.39, 0.29) is 0 Å². The van der Waals surface area contributed by atoms with Gasteiger partial charge in [0.2, 0.25) is 0 Å². The molecule has 1 rings (SSSR count). The van der Waals surface area contributed by atoms with Gasteiger partial charge in [0.25, 0.3) is 0 Å². The second-order valence-corrected chi connectivity index (χ2v) is 4.75. The van der Waals surface area contributed by atoms with Crippen molar-refractivity contribution in [2.75, 3.05) is 20.6 Å². The number of hydrogen-bond donors (Lipinski definition) is 0. The molecule has 1 aliphatic heterocycles. The fourth-order valence-electron chi connectivity index (χ4n) is 1.75. The number of likely N-dealkylation sites (tertiary alicyclic amines) is 1. The number of nitrogens with zero attached hydrogens (tertiary/aromatic N) is 1. The second-order valence-electron chi connectivity index (χ2n) is 4.75. The van der Waals surface area contributed by atoms with Crippen molar-refractivity contribution in [1.29, 1.82) is 0 Å². The lowest BCUT2D eigenvalue weighted by Crippen LogP contribution is -2.53. The Morgan fingerprint density at radius 2 is 1.80 bits per heavy atom. The standard InChI is InChI=1S/C9H20N/c1-8-6-7-10(4,5)9(8,2)3/h8H,6-7H2,1-5H3/q+1. The van der Waals surface area contributed by atoms with E-state index >= 15 is 0 Å². The maximum absolute atomic E-state index is 2.38. The summed E-state index contributed by atoms with van der Waals surface area (Å²) in [5.74, 6) is 0.877. The quantitative estimate of drug-likeness (QED) is 0.453. The molecule has 0 saturated carbocycles. The third kappa shape index (κ3) is 0.878. The van der Waals surface area contributed by atoms with Crippen LogP contribution in [0.4, 0.5) is 0 Å². The van der Waals surface area contributed by atoms with Gasteiger partial charge in [-0.1, -0.05) is 6.92 Å². The molecule has 0 aromatic heterocycles. The summed E-state index contributed by atoms with van der Waals surface area (Å²) in [6, 6.07) is 0. The van der Waals surface area contributed by atoms with Crippen molar-refractivity contribution < 1.29 is 4.48 Å². The molecule has 0 amide bonds. The zero-order valence-corrected chi connectivity index (χ0v) is 7.94. The van der Waals surface area contributed by atoms with Gasteiger partial charge in [-0.15, -0.1) is 0 Å². The SMILES string of the molecule is CC1CC[N+](C)(C)C1(C)C. The molecule has 1 fully saturated rings. The van der Waals surface area contributed by atoms with Gasteiger partial charge in [-0.3, -0.25) is 0 Å². The summed E-state index contributed by atoms with van der Waals surface area (Å²) < 4.78 is 1.19. The Morgan fingerprint density at radius 1 is 1.30 bits per heavy atom. The molecule has 0 aromatic rings.